The molecule has 1 heterocycles. The molecule has 0 atom stereocenters. The molecule has 0 amide bonds. The van der Waals surface area contributed by atoms with Gasteiger partial charge in [0.2, 0.25) is 0 Å². The molecule has 0 saturated carbocycles. The van der Waals surface area contributed by atoms with Gasteiger partial charge in [-0.15, -0.1) is 0 Å². The minimum Gasteiger partial charge on any atom is -0.461 e. The molecular formula is C14H15IN2O2. The molecule has 0 aliphatic rings. The molecule has 0 spiro atoms. The molecule has 1 aromatic carbocycles. The second kappa shape index (κ2) is 5.73. The molecule has 1 aromatic heterocycles. The maximum absolute atomic E-state index is 11.8. The van der Waals surface area contributed by atoms with Crippen molar-refractivity contribution >= 4 is 28.6 Å². The molecule has 0 unspecified atom stereocenters. The van der Waals surface area contributed by atoms with Gasteiger partial charge in [0.25, 0.3) is 0 Å². The molecule has 0 bridgehead atoms. The quantitative estimate of drug-likeness (QED) is 0.615. The van der Waals surface area contributed by atoms with E-state index in [9.17, 15) is 4.79 Å². The number of carbonyl (C=O) groups is 1. The van der Waals surface area contributed by atoms with E-state index in [0.717, 1.165) is 20.8 Å². The Kier molecular flexibility index (Phi) is 4.24. The highest BCUT2D eigenvalue weighted by molar-refractivity contribution is 14.1. The van der Waals surface area contributed by atoms with E-state index in [1.807, 2.05) is 42.7 Å². The number of para-hydroxylation sites is 1. The van der Waals surface area contributed by atoms with Crippen molar-refractivity contribution in [1.29, 1.82) is 0 Å². The monoisotopic (exact) mass is 370 g/mol. The molecular weight excluding hydrogens is 355 g/mol. The predicted molar refractivity (Wildman–Crippen MR) is 81.7 cm³/mol. The fourth-order valence-electron chi connectivity index (χ4n) is 2.02. The summed E-state index contributed by atoms with van der Waals surface area (Å²) >= 11 is 2.28. The lowest BCUT2D eigenvalue weighted by molar-refractivity contribution is 0.0519. The Bertz CT molecular complexity index is 620. The number of ether oxygens (including phenoxy) is 1. The van der Waals surface area contributed by atoms with E-state index in [1.54, 1.807) is 6.92 Å². The SMILES string of the molecule is CCOC(=O)c1nc(C)n(-c2ccccc2I)c1C. The molecule has 19 heavy (non-hydrogen) atoms. The van der Waals surface area contributed by atoms with Crippen molar-refractivity contribution < 1.29 is 9.53 Å². The van der Waals surface area contributed by atoms with Crippen LogP contribution in [-0.2, 0) is 4.74 Å². The van der Waals surface area contributed by atoms with Crippen molar-refractivity contribution in [2.45, 2.75) is 20.8 Å². The van der Waals surface area contributed by atoms with Crippen LogP contribution in [-0.4, -0.2) is 22.1 Å². The molecule has 2 rings (SSSR count). The Balaban J connectivity index is 2.54. The first-order chi connectivity index (χ1) is 9.06. The number of esters is 1. The van der Waals surface area contributed by atoms with Crippen molar-refractivity contribution in [3.05, 3.63) is 45.0 Å². The smallest absolute Gasteiger partial charge is 0.358 e. The number of hydrogen-bond donors (Lipinski definition) is 0. The van der Waals surface area contributed by atoms with Gasteiger partial charge in [-0.2, -0.15) is 0 Å². The van der Waals surface area contributed by atoms with Gasteiger partial charge < -0.3 is 4.74 Å². The number of rotatable bonds is 3. The summed E-state index contributed by atoms with van der Waals surface area (Å²) < 4.78 is 8.12. The van der Waals surface area contributed by atoms with Crippen LogP contribution in [0.2, 0.25) is 0 Å². The normalized spacial score (nSPS) is 10.5. The van der Waals surface area contributed by atoms with Gasteiger partial charge in [-0.1, -0.05) is 12.1 Å². The van der Waals surface area contributed by atoms with E-state index in [1.165, 1.54) is 0 Å². The average molecular weight is 370 g/mol. The summed E-state index contributed by atoms with van der Waals surface area (Å²) in [6.07, 6.45) is 0. The third kappa shape index (κ3) is 2.65. The van der Waals surface area contributed by atoms with Gasteiger partial charge in [-0.3, -0.25) is 4.57 Å². The lowest BCUT2D eigenvalue weighted by Gasteiger charge is -2.10. The van der Waals surface area contributed by atoms with Gasteiger partial charge in [0.15, 0.2) is 5.69 Å². The third-order valence-corrected chi connectivity index (χ3v) is 3.75. The number of benzene rings is 1. The highest BCUT2D eigenvalue weighted by Gasteiger charge is 2.20. The highest BCUT2D eigenvalue weighted by Crippen LogP contribution is 2.22. The highest BCUT2D eigenvalue weighted by atomic mass is 127. The van der Waals surface area contributed by atoms with Gasteiger partial charge >= 0.3 is 5.97 Å². The van der Waals surface area contributed by atoms with Gasteiger partial charge in [0.05, 0.1) is 18.0 Å². The van der Waals surface area contributed by atoms with Crippen molar-refractivity contribution in [3.8, 4) is 5.69 Å². The van der Waals surface area contributed by atoms with Crippen LogP contribution < -0.4 is 0 Å². The fraction of sp³-hybridized carbons (Fsp3) is 0.286. The molecule has 2 aromatic rings. The van der Waals surface area contributed by atoms with Gasteiger partial charge in [-0.25, -0.2) is 9.78 Å². The molecule has 0 N–H and O–H groups in total. The van der Waals surface area contributed by atoms with Crippen molar-refractivity contribution in [1.82, 2.24) is 9.55 Å². The van der Waals surface area contributed by atoms with Crippen LogP contribution in [0.25, 0.3) is 5.69 Å². The largest absolute Gasteiger partial charge is 0.461 e. The first kappa shape index (κ1) is 14.0. The molecule has 100 valence electrons. The minimum absolute atomic E-state index is 0.354. The molecule has 0 saturated heterocycles. The topological polar surface area (TPSA) is 44.1 Å². The summed E-state index contributed by atoms with van der Waals surface area (Å²) in [5.41, 5.74) is 2.22. The van der Waals surface area contributed by atoms with Crippen LogP contribution in [0.3, 0.4) is 0 Å². The van der Waals surface area contributed by atoms with Crippen molar-refractivity contribution in [2.24, 2.45) is 0 Å². The summed E-state index contributed by atoms with van der Waals surface area (Å²) in [5, 5.41) is 0. The summed E-state index contributed by atoms with van der Waals surface area (Å²) in [4.78, 5) is 16.2. The Morgan fingerprint density at radius 2 is 2.05 bits per heavy atom. The Hall–Kier alpha value is -1.37. The van der Waals surface area contributed by atoms with Crippen molar-refractivity contribution in [3.63, 3.8) is 0 Å². The van der Waals surface area contributed by atoms with Crippen LogP contribution in [0.4, 0.5) is 0 Å². The van der Waals surface area contributed by atoms with Gasteiger partial charge in [0.1, 0.15) is 5.82 Å². The molecule has 0 aliphatic heterocycles. The number of hydrogen-bond acceptors (Lipinski definition) is 3. The summed E-state index contributed by atoms with van der Waals surface area (Å²) in [6.45, 7) is 5.92. The van der Waals surface area contributed by atoms with E-state index in [4.69, 9.17) is 4.74 Å². The van der Waals surface area contributed by atoms with Crippen LogP contribution in [0.15, 0.2) is 24.3 Å². The van der Waals surface area contributed by atoms with Gasteiger partial charge in [0, 0.05) is 3.57 Å². The van der Waals surface area contributed by atoms with Gasteiger partial charge in [-0.05, 0) is 55.5 Å². The summed E-state index contributed by atoms with van der Waals surface area (Å²) in [5.74, 6) is 0.414. The molecule has 4 nitrogen and oxygen atoms in total. The third-order valence-electron chi connectivity index (χ3n) is 2.84. The predicted octanol–water partition coefficient (Wildman–Crippen LogP) is 3.27. The van der Waals surface area contributed by atoms with E-state index < -0.39 is 0 Å². The zero-order valence-corrected chi connectivity index (χ0v) is 13.3. The fourth-order valence-corrected chi connectivity index (χ4v) is 2.65. The number of carbonyl (C=O) groups excluding carboxylic acids is 1. The van der Waals surface area contributed by atoms with E-state index in [0.29, 0.717) is 12.3 Å². The Morgan fingerprint density at radius 3 is 2.68 bits per heavy atom. The summed E-state index contributed by atoms with van der Waals surface area (Å²) in [7, 11) is 0. The second-order valence-corrected chi connectivity index (χ2v) is 5.26. The van der Waals surface area contributed by atoms with Crippen LogP contribution >= 0.6 is 22.6 Å². The van der Waals surface area contributed by atoms with Crippen LogP contribution in [0, 0.1) is 17.4 Å². The Morgan fingerprint density at radius 1 is 1.37 bits per heavy atom. The van der Waals surface area contributed by atoms with E-state index >= 15 is 0 Å². The maximum Gasteiger partial charge on any atom is 0.358 e. The first-order valence-corrected chi connectivity index (χ1v) is 7.12. The molecule has 5 heteroatoms. The number of imidazole rings is 1. The second-order valence-electron chi connectivity index (χ2n) is 4.10. The number of nitrogens with zero attached hydrogens (tertiary/aromatic N) is 2. The zero-order valence-electron chi connectivity index (χ0n) is 11.1. The number of aromatic nitrogens is 2. The van der Waals surface area contributed by atoms with Crippen LogP contribution in [0.5, 0.6) is 0 Å². The lowest BCUT2D eigenvalue weighted by atomic mass is 10.3. The number of halogens is 1. The van der Waals surface area contributed by atoms with Crippen LogP contribution in [0.1, 0.15) is 28.9 Å². The maximum atomic E-state index is 11.8. The van der Waals surface area contributed by atoms with E-state index in [-0.39, 0.29) is 5.97 Å². The first-order valence-electron chi connectivity index (χ1n) is 6.04. The average Bonchev–Trinajstić information content (AvgIpc) is 2.66. The number of aryl methyl sites for hydroxylation is 1. The standard InChI is InChI=1S/C14H15IN2O2/c1-4-19-14(18)13-9(2)17(10(3)16-13)12-8-6-5-7-11(12)15/h5-8H,4H2,1-3H3. The van der Waals surface area contributed by atoms with Crippen molar-refractivity contribution in [2.75, 3.05) is 6.61 Å². The molecule has 0 aliphatic carbocycles. The summed E-state index contributed by atoms with van der Waals surface area (Å²) in [6, 6.07) is 8.00. The minimum atomic E-state index is -0.368. The molecule has 0 fully saturated rings. The van der Waals surface area contributed by atoms with E-state index in [2.05, 4.69) is 27.6 Å². The zero-order chi connectivity index (χ0) is 14.0. The lowest BCUT2D eigenvalue weighted by Crippen LogP contribution is -2.08. The molecule has 0 radical (unpaired) electrons. The Labute approximate surface area is 125 Å².